The van der Waals surface area contributed by atoms with Gasteiger partial charge in [-0.1, -0.05) is 32.1 Å². The zero-order valence-electron chi connectivity index (χ0n) is 14.7. The molecule has 0 unspecified atom stereocenters. The van der Waals surface area contributed by atoms with Crippen molar-refractivity contribution in [2.24, 2.45) is 7.05 Å². The summed E-state index contributed by atoms with van der Waals surface area (Å²) >= 11 is 1.65. The van der Waals surface area contributed by atoms with Gasteiger partial charge in [-0.15, -0.1) is 10.2 Å². The molecule has 0 aromatic carbocycles. The van der Waals surface area contributed by atoms with Gasteiger partial charge in [-0.2, -0.15) is 5.10 Å². The van der Waals surface area contributed by atoms with Crippen LogP contribution in [0.3, 0.4) is 0 Å². The first-order valence-electron chi connectivity index (χ1n) is 8.21. The molecule has 0 saturated carbocycles. The molecule has 0 spiro atoms. The van der Waals surface area contributed by atoms with E-state index >= 15 is 0 Å². The molecule has 0 atom stereocenters. The molecule has 0 radical (unpaired) electrons. The summed E-state index contributed by atoms with van der Waals surface area (Å²) in [5.41, 5.74) is 0.668. The van der Waals surface area contributed by atoms with Crippen LogP contribution < -0.4 is 4.90 Å². The first-order valence-corrected chi connectivity index (χ1v) is 9.03. The van der Waals surface area contributed by atoms with Crippen molar-refractivity contribution in [3.05, 3.63) is 23.0 Å². The molecule has 1 amide bonds. The molecule has 2 aromatic rings. The highest BCUT2D eigenvalue weighted by atomic mass is 32.1. The van der Waals surface area contributed by atoms with Crippen LogP contribution in [0, 0.1) is 0 Å². The third kappa shape index (κ3) is 3.58. The normalized spacial score (nSPS) is 16.3. The van der Waals surface area contributed by atoms with E-state index in [-0.39, 0.29) is 11.3 Å². The van der Waals surface area contributed by atoms with Gasteiger partial charge in [0, 0.05) is 44.8 Å². The summed E-state index contributed by atoms with van der Waals surface area (Å²) in [5, 5.41) is 14.8. The molecule has 1 fully saturated rings. The molecule has 0 aliphatic carbocycles. The molecule has 1 aliphatic rings. The maximum Gasteiger partial charge on any atom is 0.257 e. The number of carbonyl (C=O) groups is 1. The van der Waals surface area contributed by atoms with Crippen molar-refractivity contribution in [3.63, 3.8) is 0 Å². The van der Waals surface area contributed by atoms with Crippen LogP contribution in [-0.4, -0.2) is 57.0 Å². The SMILES string of the molecule is Cn1cc(C(=O)N2CCCN(c3nnc(C(C)(C)C)s3)CC2)cn1. The van der Waals surface area contributed by atoms with Gasteiger partial charge in [0.2, 0.25) is 5.13 Å². The van der Waals surface area contributed by atoms with E-state index in [1.165, 1.54) is 0 Å². The molecule has 1 aliphatic heterocycles. The van der Waals surface area contributed by atoms with Gasteiger partial charge in [0.25, 0.3) is 5.91 Å². The maximum atomic E-state index is 12.6. The van der Waals surface area contributed by atoms with Gasteiger partial charge in [-0.25, -0.2) is 0 Å². The van der Waals surface area contributed by atoms with Crippen LogP contribution in [0.4, 0.5) is 5.13 Å². The van der Waals surface area contributed by atoms with Gasteiger partial charge in [0.05, 0.1) is 11.8 Å². The van der Waals surface area contributed by atoms with Crippen molar-refractivity contribution < 1.29 is 4.79 Å². The average molecular weight is 348 g/mol. The summed E-state index contributed by atoms with van der Waals surface area (Å²) in [6.45, 7) is 9.57. The average Bonchev–Trinajstić information content (AvgIpc) is 3.10. The predicted molar refractivity (Wildman–Crippen MR) is 94.6 cm³/mol. The second-order valence-electron chi connectivity index (χ2n) is 7.18. The molecule has 7 nitrogen and oxygen atoms in total. The summed E-state index contributed by atoms with van der Waals surface area (Å²) in [6, 6.07) is 0. The molecule has 3 heterocycles. The van der Waals surface area contributed by atoms with E-state index in [1.54, 1.807) is 28.4 Å². The Kier molecular flexibility index (Phi) is 4.58. The largest absolute Gasteiger partial charge is 0.345 e. The Morgan fingerprint density at radius 1 is 1.17 bits per heavy atom. The third-order valence-electron chi connectivity index (χ3n) is 4.06. The minimum absolute atomic E-state index is 0.0179. The highest BCUT2D eigenvalue weighted by molar-refractivity contribution is 7.15. The monoisotopic (exact) mass is 348 g/mol. The van der Waals surface area contributed by atoms with Gasteiger partial charge in [0.1, 0.15) is 5.01 Å². The van der Waals surface area contributed by atoms with Gasteiger partial charge in [-0.3, -0.25) is 9.48 Å². The van der Waals surface area contributed by atoms with E-state index in [0.29, 0.717) is 12.1 Å². The minimum Gasteiger partial charge on any atom is -0.345 e. The highest BCUT2D eigenvalue weighted by Crippen LogP contribution is 2.30. The van der Waals surface area contributed by atoms with Crippen LogP contribution in [0.5, 0.6) is 0 Å². The molecule has 0 bridgehead atoms. The number of anilines is 1. The topological polar surface area (TPSA) is 67.2 Å². The second-order valence-corrected chi connectivity index (χ2v) is 8.13. The number of nitrogens with zero attached hydrogens (tertiary/aromatic N) is 6. The molecular formula is C16H24N6OS. The van der Waals surface area contributed by atoms with Crippen LogP contribution in [0.25, 0.3) is 0 Å². The number of amides is 1. The molecule has 8 heteroatoms. The van der Waals surface area contributed by atoms with Crippen molar-refractivity contribution >= 4 is 22.4 Å². The van der Waals surface area contributed by atoms with E-state index < -0.39 is 0 Å². The zero-order chi connectivity index (χ0) is 17.3. The van der Waals surface area contributed by atoms with Gasteiger partial charge in [-0.05, 0) is 6.42 Å². The van der Waals surface area contributed by atoms with Crippen LogP contribution in [-0.2, 0) is 12.5 Å². The highest BCUT2D eigenvalue weighted by Gasteiger charge is 2.25. The number of aryl methyl sites for hydroxylation is 1. The summed E-state index contributed by atoms with van der Waals surface area (Å²) < 4.78 is 1.66. The minimum atomic E-state index is 0.0179. The predicted octanol–water partition coefficient (Wildman–Crippen LogP) is 1.92. The van der Waals surface area contributed by atoms with Crippen LogP contribution >= 0.6 is 11.3 Å². The molecule has 24 heavy (non-hydrogen) atoms. The Labute approximate surface area is 146 Å². The molecule has 0 N–H and O–H groups in total. The number of rotatable bonds is 2. The van der Waals surface area contributed by atoms with Crippen LogP contribution in [0.1, 0.15) is 42.6 Å². The fourth-order valence-electron chi connectivity index (χ4n) is 2.67. The molecule has 130 valence electrons. The lowest BCUT2D eigenvalue weighted by molar-refractivity contribution is 0.0767. The number of hydrogen-bond acceptors (Lipinski definition) is 6. The Morgan fingerprint density at radius 2 is 1.96 bits per heavy atom. The summed E-state index contributed by atoms with van der Waals surface area (Å²) in [5.74, 6) is 0.0533. The first-order chi connectivity index (χ1) is 11.3. The molecule has 3 rings (SSSR count). The van der Waals surface area contributed by atoms with E-state index in [9.17, 15) is 4.79 Å². The van der Waals surface area contributed by atoms with E-state index in [0.717, 1.165) is 36.2 Å². The lowest BCUT2D eigenvalue weighted by Gasteiger charge is -2.21. The second kappa shape index (κ2) is 6.51. The van der Waals surface area contributed by atoms with E-state index in [4.69, 9.17) is 0 Å². The lowest BCUT2D eigenvalue weighted by atomic mass is 9.98. The number of hydrogen-bond donors (Lipinski definition) is 0. The Hall–Kier alpha value is -1.96. The maximum absolute atomic E-state index is 12.6. The van der Waals surface area contributed by atoms with Crippen LogP contribution in [0.15, 0.2) is 12.4 Å². The summed E-state index contributed by atoms with van der Waals surface area (Å²) in [6.07, 6.45) is 4.33. The van der Waals surface area contributed by atoms with E-state index in [2.05, 4.69) is 41.0 Å². The first kappa shape index (κ1) is 16.9. The lowest BCUT2D eigenvalue weighted by Crippen LogP contribution is -2.35. The van der Waals surface area contributed by atoms with Gasteiger partial charge in [0.15, 0.2) is 0 Å². The van der Waals surface area contributed by atoms with Gasteiger partial charge >= 0.3 is 0 Å². The quantitative estimate of drug-likeness (QED) is 0.829. The third-order valence-corrected chi connectivity index (χ3v) is 5.47. The Bertz CT molecular complexity index is 716. The van der Waals surface area contributed by atoms with Crippen molar-refractivity contribution in [2.45, 2.75) is 32.6 Å². The van der Waals surface area contributed by atoms with Crippen molar-refractivity contribution in [3.8, 4) is 0 Å². The number of aromatic nitrogens is 4. The Morgan fingerprint density at radius 3 is 2.58 bits per heavy atom. The van der Waals surface area contributed by atoms with Crippen molar-refractivity contribution in [1.29, 1.82) is 0 Å². The van der Waals surface area contributed by atoms with Crippen molar-refractivity contribution in [1.82, 2.24) is 24.9 Å². The summed E-state index contributed by atoms with van der Waals surface area (Å²) in [7, 11) is 1.82. The standard InChI is InChI=1S/C16H24N6OS/c1-16(2,3)14-18-19-15(24-14)22-7-5-6-21(8-9-22)13(23)12-10-17-20(4)11-12/h10-11H,5-9H2,1-4H3. The molecule has 2 aromatic heterocycles. The van der Waals surface area contributed by atoms with E-state index in [1.807, 2.05) is 11.9 Å². The fourth-order valence-corrected chi connectivity index (χ4v) is 3.63. The molecule has 1 saturated heterocycles. The van der Waals surface area contributed by atoms with Crippen molar-refractivity contribution in [2.75, 3.05) is 31.1 Å². The molecular weight excluding hydrogens is 324 g/mol. The fraction of sp³-hybridized carbons (Fsp3) is 0.625. The summed E-state index contributed by atoms with van der Waals surface area (Å²) in [4.78, 5) is 16.7. The van der Waals surface area contributed by atoms with Crippen LogP contribution in [0.2, 0.25) is 0 Å². The number of carbonyl (C=O) groups excluding carboxylic acids is 1. The smallest absolute Gasteiger partial charge is 0.257 e. The Balaban J connectivity index is 1.67. The van der Waals surface area contributed by atoms with Gasteiger partial charge < -0.3 is 9.80 Å². The zero-order valence-corrected chi connectivity index (χ0v) is 15.5.